The van der Waals surface area contributed by atoms with Gasteiger partial charge in [-0.1, -0.05) is 40.2 Å². The quantitative estimate of drug-likeness (QED) is 0.499. The van der Waals surface area contributed by atoms with Crippen LogP contribution in [0.25, 0.3) is 0 Å². The summed E-state index contributed by atoms with van der Waals surface area (Å²) in [5, 5.41) is 2.59. The SMILES string of the molecule is CNC(=O)[C@@H](C)N(Cc1cccc(Br)c1)C(=O)CCCN(c1cc(C)ccc1C)S(C)(=O)=O. The van der Waals surface area contributed by atoms with Crippen LogP contribution in [-0.2, 0) is 26.2 Å². The van der Waals surface area contributed by atoms with Crippen molar-refractivity contribution in [2.45, 2.75) is 46.2 Å². The molecule has 33 heavy (non-hydrogen) atoms. The third-order valence-electron chi connectivity index (χ3n) is 5.44. The first-order valence-corrected chi connectivity index (χ1v) is 13.4. The third-order valence-corrected chi connectivity index (χ3v) is 7.11. The first kappa shape index (κ1) is 26.9. The standard InChI is InChI=1S/C24H32BrN3O4S/c1-17-11-12-18(2)22(14-17)28(33(5,31)32)13-7-10-23(29)27(19(3)24(30)26-4)16-20-8-6-9-21(25)15-20/h6,8-9,11-12,14-15,19H,7,10,13,16H2,1-5H3,(H,26,30)/t19-/m1/s1. The fraction of sp³-hybridized carbons (Fsp3) is 0.417. The minimum atomic E-state index is -3.52. The second-order valence-corrected chi connectivity index (χ2v) is 11.0. The van der Waals surface area contributed by atoms with Crippen LogP contribution in [0.2, 0.25) is 0 Å². The third kappa shape index (κ3) is 7.57. The summed E-state index contributed by atoms with van der Waals surface area (Å²) in [4.78, 5) is 27.0. The highest BCUT2D eigenvalue weighted by molar-refractivity contribution is 9.10. The van der Waals surface area contributed by atoms with Gasteiger partial charge in [-0.25, -0.2) is 8.42 Å². The first-order chi connectivity index (χ1) is 15.4. The molecule has 0 aliphatic rings. The summed E-state index contributed by atoms with van der Waals surface area (Å²) in [6.45, 7) is 5.91. The van der Waals surface area contributed by atoms with Crippen molar-refractivity contribution in [1.82, 2.24) is 10.2 Å². The van der Waals surface area contributed by atoms with Gasteiger partial charge in [0.2, 0.25) is 21.8 Å². The Kier molecular flexibility index (Phi) is 9.48. The Labute approximate surface area is 205 Å². The van der Waals surface area contributed by atoms with Crippen molar-refractivity contribution in [2.75, 3.05) is 24.2 Å². The summed E-state index contributed by atoms with van der Waals surface area (Å²) in [5.74, 6) is -0.466. The van der Waals surface area contributed by atoms with Crippen molar-refractivity contribution in [3.05, 3.63) is 63.6 Å². The van der Waals surface area contributed by atoms with Crippen molar-refractivity contribution in [3.63, 3.8) is 0 Å². The van der Waals surface area contributed by atoms with Crippen LogP contribution in [0, 0.1) is 13.8 Å². The second kappa shape index (κ2) is 11.7. The summed E-state index contributed by atoms with van der Waals surface area (Å²) in [6, 6.07) is 12.6. The number of likely N-dealkylation sites (N-methyl/N-ethyl adjacent to an activating group) is 1. The van der Waals surface area contributed by atoms with Crippen LogP contribution in [0.15, 0.2) is 46.9 Å². The fourth-order valence-corrected chi connectivity index (χ4v) is 5.06. The number of nitrogens with one attached hydrogen (secondary N) is 1. The van der Waals surface area contributed by atoms with Gasteiger partial charge in [0.15, 0.2) is 0 Å². The number of carbonyl (C=O) groups is 2. The Bertz CT molecular complexity index is 1100. The van der Waals surface area contributed by atoms with E-state index in [9.17, 15) is 18.0 Å². The molecule has 2 amide bonds. The Morgan fingerprint density at radius 2 is 1.82 bits per heavy atom. The van der Waals surface area contributed by atoms with E-state index in [2.05, 4.69) is 21.2 Å². The van der Waals surface area contributed by atoms with E-state index in [1.54, 1.807) is 6.92 Å². The van der Waals surface area contributed by atoms with Gasteiger partial charge in [-0.05, 0) is 62.1 Å². The average Bonchev–Trinajstić information content (AvgIpc) is 2.75. The molecular formula is C24H32BrN3O4S. The van der Waals surface area contributed by atoms with E-state index in [0.717, 1.165) is 21.2 Å². The molecule has 180 valence electrons. The number of sulfonamides is 1. The summed E-state index contributed by atoms with van der Waals surface area (Å²) in [5.41, 5.74) is 3.32. The lowest BCUT2D eigenvalue weighted by Gasteiger charge is -2.29. The van der Waals surface area contributed by atoms with Crippen molar-refractivity contribution in [2.24, 2.45) is 0 Å². The zero-order chi connectivity index (χ0) is 24.8. The number of anilines is 1. The number of rotatable bonds is 10. The van der Waals surface area contributed by atoms with Gasteiger partial charge in [0.05, 0.1) is 11.9 Å². The molecular weight excluding hydrogens is 506 g/mol. The molecule has 2 aromatic carbocycles. The number of benzene rings is 2. The molecule has 7 nitrogen and oxygen atoms in total. The second-order valence-electron chi connectivity index (χ2n) is 8.17. The number of halogens is 1. The number of hydrogen-bond donors (Lipinski definition) is 1. The molecule has 2 aromatic rings. The average molecular weight is 539 g/mol. The molecule has 0 aliphatic carbocycles. The lowest BCUT2D eigenvalue weighted by Crippen LogP contribution is -2.46. The number of aryl methyl sites for hydroxylation is 2. The molecule has 0 fully saturated rings. The molecule has 0 unspecified atom stereocenters. The normalized spacial score (nSPS) is 12.2. The molecule has 1 N–H and O–H groups in total. The van der Waals surface area contributed by atoms with E-state index in [4.69, 9.17) is 0 Å². The predicted molar refractivity (Wildman–Crippen MR) is 136 cm³/mol. The molecule has 0 radical (unpaired) electrons. The molecule has 9 heteroatoms. The van der Waals surface area contributed by atoms with Crippen LogP contribution in [0.5, 0.6) is 0 Å². The van der Waals surface area contributed by atoms with Gasteiger partial charge in [-0.3, -0.25) is 13.9 Å². The lowest BCUT2D eigenvalue weighted by atomic mass is 10.1. The van der Waals surface area contributed by atoms with Crippen LogP contribution in [0.1, 0.15) is 36.5 Å². The number of nitrogens with zero attached hydrogens (tertiary/aromatic N) is 2. The van der Waals surface area contributed by atoms with Gasteiger partial charge in [0.25, 0.3) is 0 Å². The van der Waals surface area contributed by atoms with Crippen LogP contribution in [0.3, 0.4) is 0 Å². The molecule has 0 heterocycles. The van der Waals surface area contributed by atoms with Gasteiger partial charge in [0, 0.05) is 31.0 Å². The van der Waals surface area contributed by atoms with Crippen LogP contribution in [-0.4, -0.2) is 51.0 Å². The Balaban J connectivity index is 2.18. The smallest absolute Gasteiger partial charge is 0.242 e. The highest BCUT2D eigenvalue weighted by Crippen LogP contribution is 2.25. The number of amides is 2. The largest absolute Gasteiger partial charge is 0.357 e. The van der Waals surface area contributed by atoms with Crippen molar-refractivity contribution in [3.8, 4) is 0 Å². The van der Waals surface area contributed by atoms with Gasteiger partial charge in [0.1, 0.15) is 6.04 Å². The van der Waals surface area contributed by atoms with Gasteiger partial charge in [-0.2, -0.15) is 0 Å². The van der Waals surface area contributed by atoms with E-state index >= 15 is 0 Å². The molecule has 1 atom stereocenters. The van der Waals surface area contributed by atoms with E-state index in [1.807, 2.05) is 56.3 Å². The predicted octanol–water partition coefficient (Wildman–Crippen LogP) is 3.78. The maximum atomic E-state index is 13.1. The minimum absolute atomic E-state index is 0.117. The van der Waals surface area contributed by atoms with Gasteiger partial charge in [-0.15, -0.1) is 0 Å². The summed E-state index contributed by atoms with van der Waals surface area (Å²) >= 11 is 3.43. The van der Waals surface area contributed by atoms with Crippen molar-refractivity contribution in [1.29, 1.82) is 0 Å². The van der Waals surface area contributed by atoms with Gasteiger partial charge < -0.3 is 10.2 Å². The summed E-state index contributed by atoms with van der Waals surface area (Å²) < 4.78 is 27.2. The van der Waals surface area contributed by atoms with Crippen LogP contribution in [0.4, 0.5) is 5.69 Å². The molecule has 0 saturated carbocycles. The van der Waals surface area contributed by atoms with E-state index in [-0.39, 0.29) is 31.3 Å². The van der Waals surface area contributed by atoms with Crippen LogP contribution < -0.4 is 9.62 Å². The Hall–Kier alpha value is -2.39. The molecule has 0 aliphatic heterocycles. The monoisotopic (exact) mass is 537 g/mol. The summed E-state index contributed by atoms with van der Waals surface area (Å²) in [7, 11) is -1.99. The molecule has 0 aromatic heterocycles. The number of carbonyl (C=O) groups excluding carboxylic acids is 2. The van der Waals surface area contributed by atoms with Crippen molar-refractivity contribution < 1.29 is 18.0 Å². The molecule has 0 spiro atoms. The zero-order valence-corrected chi connectivity index (χ0v) is 22.2. The molecule has 2 rings (SSSR count). The Morgan fingerprint density at radius 1 is 1.12 bits per heavy atom. The molecule has 0 saturated heterocycles. The highest BCUT2D eigenvalue weighted by Gasteiger charge is 2.26. The highest BCUT2D eigenvalue weighted by atomic mass is 79.9. The molecule has 0 bridgehead atoms. The van der Waals surface area contributed by atoms with Crippen molar-refractivity contribution >= 4 is 43.5 Å². The van der Waals surface area contributed by atoms with Gasteiger partial charge >= 0.3 is 0 Å². The van der Waals surface area contributed by atoms with E-state index in [0.29, 0.717) is 12.1 Å². The topological polar surface area (TPSA) is 86.8 Å². The lowest BCUT2D eigenvalue weighted by molar-refractivity contribution is -0.140. The maximum absolute atomic E-state index is 13.1. The Morgan fingerprint density at radius 3 is 2.42 bits per heavy atom. The minimum Gasteiger partial charge on any atom is -0.357 e. The van der Waals surface area contributed by atoms with Crippen LogP contribution >= 0.6 is 15.9 Å². The first-order valence-electron chi connectivity index (χ1n) is 10.7. The number of hydrogen-bond acceptors (Lipinski definition) is 4. The fourth-order valence-electron chi connectivity index (χ4n) is 3.59. The summed E-state index contributed by atoms with van der Waals surface area (Å²) in [6.07, 6.45) is 1.62. The zero-order valence-electron chi connectivity index (χ0n) is 19.8. The maximum Gasteiger partial charge on any atom is 0.242 e. The van der Waals surface area contributed by atoms with E-state index in [1.165, 1.54) is 22.5 Å². The van der Waals surface area contributed by atoms with E-state index < -0.39 is 16.1 Å².